The third-order valence-corrected chi connectivity index (χ3v) is 6.27. The normalized spacial score (nSPS) is 18.3. The highest BCUT2D eigenvalue weighted by atomic mass is 32.1. The van der Waals surface area contributed by atoms with Crippen LogP contribution in [0.3, 0.4) is 0 Å². The fourth-order valence-corrected chi connectivity index (χ4v) is 4.03. The Morgan fingerprint density at radius 3 is 2.20 bits per heavy atom. The van der Waals surface area contributed by atoms with Crippen molar-refractivity contribution in [3.8, 4) is 0 Å². The molecule has 7 nitrogen and oxygen atoms in total. The zero-order valence-corrected chi connectivity index (χ0v) is 17.7. The number of hydrogen-bond donors (Lipinski definition) is 1. The number of aryl methyl sites for hydroxylation is 1. The molecule has 1 aromatic carbocycles. The van der Waals surface area contributed by atoms with Crippen LogP contribution in [0.15, 0.2) is 36.9 Å². The highest BCUT2D eigenvalue weighted by molar-refractivity contribution is 6.99. The minimum absolute atomic E-state index is 0.0533. The molecule has 2 heterocycles. The maximum atomic E-state index is 12.9. The first kappa shape index (κ1) is 20.4. The van der Waals surface area contributed by atoms with Gasteiger partial charge in [0.05, 0.1) is 17.4 Å². The van der Waals surface area contributed by atoms with E-state index in [2.05, 4.69) is 15.3 Å². The van der Waals surface area contributed by atoms with E-state index in [1.807, 2.05) is 37.3 Å². The van der Waals surface area contributed by atoms with Crippen molar-refractivity contribution in [1.82, 2.24) is 18.5 Å². The fourth-order valence-electron chi connectivity index (χ4n) is 3.50. The number of piperazine rings is 1. The molecule has 1 N–H and O–H groups in total. The minimum atomic E-state index is -1.15. The summed E-state index contributed by atoms with van der Waals surface area (Å²) in [4.78, 5) is 28.5. The van der Waals surface area contributed by atoms with Crippen LogP contribution in [0.2, 0.25) is 0 Å². The Labute approximate surface area is 179 Å². The molecule has 30 heavy (non-hydrogen) atoms. The second kappa shape index (κ2) is 8.12. The number of hydrogen-bond acceptors (Lipinski definition) is 6. The van der Waals surface area contributed by atoms with E-state index in [0.717, 1.165) is 22.5 Å². The van der Waals surface area contributed by atoms with Crippen LogP contribution in [-0.2, 0) is 4.79 Å². The van der Waals surface area contributed by atoms with Crippen molar-refractivity contribution >= 4 is 35.2 Å². The minimum Gasteiger partial charge on any atom is -0.380 e. The van der Waals surface area contributed by atoms with Gasteiger partial charge in [-0.3, -0.25) is 9.59 Å². The van der Waals surface area contributed by atoms with Gasteiger partial charge in [-0.05, 0) is 49.1 Å². The van der Waals surface area contributed by atoms with E-state index >= 15 is 0 Å². The molecule has 0 unspecified atom stereocenters. The van der Waals surface area contributed by atoms with Crippen molar-refractivity contribution < 1.29 is 14.7 Å². The van der Waals surface area contributed by atoms with Crippen molar-refractivity contribution in [2.45, 2.75) is 25.4 Å². The predicted octanol–water partition coefficient (Wildman–Crippen LogP) is 2.38. The zero-order chi connectivity index (χ0) is 21.3. The van der Waals surface area contributed by atoms with Crippen LogP contribution in [0.4, 0.5) is 0 Å². The molecule has 2 amide bonds. The first-order chi connectivity index (χ1) is 14.4. The molecule has 1 aromatic heterocycles. The van der Waals surface area contributed by atoms with Gasteiger partial charge >= 0.3 is 0 Å². The summed E-state index contributed by atoms with van der Waals surface area (Å²) in [5, 5.41) is 10.00. The third kappa shape index (κ3) is 4.06. The molecule has 1 saturated heterocycles. The molecule has 1 aliphatic carbocycles. The van der Waals surface area contributed by atoms with Gasteiger partial charge < -0.3 is 14.9 Å². The van der Waals surface area contributed by atoms with Crippen LogP contribution in [0.25, 0.3) is 11.6 Å². The van der Waals surface area contributed by atoms with Gasteiger partial charge in [0.15, 0.2) is 0 Å². The molecule has 156 valence electrons. The van der Waals surface area contributed by atoms with Gasteiger partial charge in [-0.25, -0.2) is 0 Å². The van der Waals surface area contributed by atoms with Crippen LogP contribution in [0.5, 0.6) is 0 Å². The van der Waals surface area contributed by atoms with Gasteiger partial charge in [-0.15, -0.1) is 0 Å². The zero-order valence-electron chi connectivity index (χ0n) is 16.9. The molecule has 0 bridgehead atoms. The molecule has 0 radical (unpaired) electrons. The molecule has 8 heteroatoms. The van der Waals surface area contributed by atoms with E-state index in [-0.39, 0.29) is 11.8 Å². The quantitative estimate of drug-likeness (QED) is 0.745. The molecule has 2 fully saturated rings. The maximum absolute atomic E-state index is 12.9. The van der Waals surface area contributed by atoms with Crippen LogP contribution in [0.1, 0.15) is 40.2 Å². The summed E-state index contributed by atoms with van der Waals surface area (Å²) in [6, 6.07) is 7.42. The number of carbonyl (C=O) groups excluding carboxylic acids is 2. The van der Waals surface area contributed by atoms with Crippen molar-refractivity contribution in [2.75, 3.05) is 26.2 Å². The van der Waals surface area contributed by atoms with Crippen LogP contribution < -0.4 is 0 Å². The maximum Gasteiger partial charge on any atom is 0.254 e. The van der Waals surface area contributed by atoms with Crippen molar-refractivity contribution in [3.05, 3.63) is 59.4 Å². The molecule has 2 aliphatic rings. The molecule has 2 aromatic rings. The lowest BCUT2D eigenvalue weighted by Gasteiger charge is -2.35. The van der Waals surface area contributed by atoms with E-state index in [1.54, 1.807) is 15.9 Å². The van der Waals surface area contributed by atoms with Crippen molar-refractivity contribution in [1.29, 1.82) is 0 Å². The Kier molecular flexibility index (Phi) is 5.53. The van der Waals surface area contributed by atoms with Crippen LogP contribution in [0, 0.1) is 6.92 Å². The Bertz CT molecular complexity index is 1000. The van der Waals surface area contributed by atoms with E-state index < -0.39 is 5.60 Å². The van der Waals surface area contributed by atoms with Crippen LogP contribution >= 0.6 is 11.7 Å². The molecule has 4 rings (SSSR count). The second-order valence-corrected chi connectivity index (χ2v) is 8.26. The van der Waals surface area contributed by atoms with Gasteiger partial charge in [0, 0.05) is 31.7 Å². The van der Waals surface area contributed by atoms with Gasteiger partial charge in [0.2, 0.25) is 0 Å². The smallest absolute Gasteiger partial charge is 0.254 e. The number of aromatic nitrogens is 2. The predicted molar refractivity (Wildman–Crippen MR) is 116 cm³/mol. The molecule has 0 atom stereocenters. The summed E-state index contributed by atoms with van der Waals surface area (Å²) >= 11 is 1.18. The monoisotopic (exact) mass is 424 g/mol. The summed E-state index contributed by atoms with van der Waals surface area (Å²) in [5.41, 5.74) is 3.01. The highest BCUT2D eigenvalue weighted by Gasteiger charge is 2.50. The van der Waals surface area contributed by atoms with Gasteiger partial charge in [-0.1, -0.05) is 24.8 Å². The fraction of sp³-hybridized carbons (Fsp3) is 0.364. The second-order valence-electron chi connectivity index (χ2n) is 7.73. The number of nitrogens with zero attached hydrogens (tertiary/aromatic N) is 4. The number of carbonyl (C=O) groups is 2. The summed E-state index contributed by atoms with van der Waals surface area (Å²) in [5.74, 6) is -0.254. The number of benzene rings is 1. The molecular formula is C22H24N4O3S. The average molecular weight is 425 g/mol. The number of rotatable bonds is 5. The average Bonchev–Trinajstić information content (AvgIpc) is 3.41. The molecule has 1 aliphatic heterocycles. The van der Waals surface area contributed by atoms with E-state index in [0.29, 0.717) is 44.6 Å². The summed E-state index contributed by atoms with van der Waals surface area (Å²) in [7, 11) is 0. The summed E-state index contributed by atoms with van der Waals surface area (Å²) in [6.07, 6.45) is 4.78. The highest BCUT2D eigenvalue weighted by Crippen LogP contribution is 2.37. The lowest BCUT2D eigenvalue weighted by atomic mass is 10.0. The Balaban J connectivity index is 1.41. The van der Waals surface area contributed by atoms with Gasteiger partial charge in [-0.2, -0.15) is 8.75 Å². The lowest BCUT2D eigenvalue weighted by Crippen LogP contribution is -2.53. The van der Waals surface area contributed by atoms with Crippen LogP contribution in [-0.4, -0.2) is 67.2 Å². The third-order valence-electron chi connectivity index (χ3n) is 5.64. The van der Waals surface area contributed by atoms with E-state index in [4.69, 9.17) is 0 Å². The Morgan fingerprint density at radius 1 is 1.07 bits per heavy atom. The standard InChI is InChI=1S/C22H24N4O3S/c1-3-16(14-19-15(2)23-30-24-19)17-4-6-18(7-5-17)20(27)25-10-12-26(13-11-25)21(28)22(29)8-9-22/h3-7,14,29H,1,8-13H2,2H3/b16-14+. The van der Waals surface area contributed by atoms with E-state index in [1.165, 1.54) is 11.7 Å². The molecule has 1 saturated carbocycles. The van der Waals surface area contributed by atoms with Gasteiger partial charge in [0.25, 0.3) is 11.8 Å². The topological polar surface area (TPSA) is 86.6 Å². The first-order valence-electron chi connectivity index (χ1n) is 9.96. The lowest BCUT2D eigenvalue weighted by molar-refractivity contribution is -0.143. The van der Waals surface area contributed by atoms with Gasteiger partial charge in [0.1, 0.15) is 11.3 Å². The molecular weight excluding hydrogens is 400 g/mol. The Morgan fingerprint density at radius 2 is 1.67 bits per heavy atom. The molecule has 0 spiro atoms. The number of amides is 2. The summed E-state index contributed by atoms with van der Waals surface area (Å²) in [6.45, 7) is 7.64. The Hall–Kier alpha value is -2.84. The van der Waals surface area contributed by atoms with E-state index in [9.17, 15) is 14.7 Å². The first-order valence-corrected chi connectivity index (χ1v) is 10.7. The number of aliphatic hydroxyl groups is 1. The SMILES string of the molecule is C=C/C(=C\c1nsnc1C)c1ccc(C(=O)N2CCN(C(=O)C3(O)CC3)CC2)cc1. The number of allylic oxidation sites excluding steroid dienone is 2. The largest absolute Gasteiger partial charge is 0.380 e. The van der Waals surface area contributed by atoms with Crippen molar-refractivity contribution in [3.63, 3.8) is 0 Å². The summed E-state index contributed by atoms with van der Waals surface area (Å²) < 4.78 is 8.46. The van der Waals surface area contributed by atoms with Crippen molar-refractivity contribution in [2.24, 2.45) is 0 Å².